The lowest BCUT2D eigenvalue weighted by Gasteiger charge is -2.37. The first-order valence-electron chi connectivity index (χ1n) is 10.3. The van der Waals surface area contributed by atoms with E-state index in [4.69, 9.17) is 0 Å². The Morgan fingerprint density at radius 1 is 1.32 bits per heavy atom. The van der Waals surface area contributed by atoms with Gasteiger partial charge in [0.2, 0.25) is 0 Å². The first-order valence-corrected chi connectivity index (χ1v) is 10.3. The lowest BCUT2D eigenvalue weighted by atomic mass is 10.0. The molecule has 0 aliphatic carbocycles. The Morgan fingerprint density at radius 2 is 1.97 bits per heavy atom. The van der Waals surface area contributed by atoms with Crippen LogP contribution in [0.3, 0.4) is 0 Å². The summed E-state index contributed by atoms with van der Waals surface area (Å²) in [6.07, 6.45) is -0.904. The van der Waals surface area contributed by atoms with Crippen molar-refractivity contribution in [2.75, 3.05) is 26.7 Å². The number of nitrogens with zero attached hydrogens (tertiary/aromatic N) is 3. The largest absolute Gasteiger partial charge is 0.416 e. The van der Waals surface area contributed by atoms with Gasteiger partial charge in [-0.05, 0) is 31.9 Å². The number of amides is 2. The molecule has 6 nitrogen and oxygen atoms in total. The van der Waals surface area contributed by atoms with Crippen LogP contribution < -0.4 is 5.32 Å². The number of aromatic nitrogens is 2. The molecule has 9 heteroatoms. The fourth-order valence-corrected chi connectivity index (χ4v) is 3.89. The molecule has 1 aliphatic heterocycles. The van der Waals surface area contributed by atoms with Crippen LogP contribution in [0.4, 0.5) is 18.0 Å². The van der Waals surface area contributed by atoms with Gasteiger partial charge in [0.15, 0.2) is 0 Å². The number of aromatic amines is 1. The molecule has 2 amide bonds. The van der Waals surface area contributed by atoms with E-state index in [1.807, 2.05) is 11.8 Å². The summed E-state index contributed by atoms with van der Waals surface area (Å²) in [5, 5.41) is 2.68. The van der Waals surface area contributed by atoms with Gasteiger partial charge >= 0.3 is 12.2 Å². The SMILES string of the molecule is C=CCN(C(=O)NC)C1CCN(Cc2nc(-c3ccc(C(F)(F)F)cc3)[nH]c2C)CC1. The van der Waals surface area contributed by atoms with Crippen LogP contribution >= 0.6 is 0 Å². The molecular formula is C22H28F3N5O. The normalized spacial score (nSPS) is 15.6. The van der Waals surface area contributed by atoms with Gasteiger partial charge in [-0.3, -0.25) is 4.90 Å². The van der Waals surface area contributed by atoms with Crippen molar-refractivity contribution in [3.63, 3.8) is 0 Å². The van der Waals surface area contributed by atoms with Crippen LogP contribution in [0, 0.1) is 6.92 Å². The monoisotopic (exact) mass is 435 g/mol. The highest BCUT2D eigenvalue weighted by molar-refractivity contribution is 5.74. The maximum absolute atomic E-state index is 12.8. The summed E-state index contributed by atoms with van der Waals surface area (Å²) >= 11 is 0. The highest BCUT2D eigenvalue weighted by atomic mass is 19.4. The first-order chi connectivity index (χ1) is 14.7. The zero-order valence-corrected chi connectivity index (χ0v) is 17.8. The second-order valence-corrected chi connectivity index (χ2v) is 7.74. The molecule has 1 aliphatic rings. The molecule has 1 aromatic carbocycles. The van der Waals surface area contributed by atoms with Crippen LogP contribution in [-0.2, 0) is 12.7 Å². The van der Waals surface area contributed by atoms with Crippen LogP contribution in [-0.4, -0.2) is 58.5 Å². The number of rotatable bonds is 6. The van der Waals surface area contributed by atoms with Gasteiger partial charge in [0.25, 0.3) is 0 Å². The summed E-state index contributed by atoms with van der Waals surface area (Å²) in [5.74, 6) is 0.563. The molecule has 1 saturated heterocycles. The quantitative estimate of drug-likeness (QED) is 0.669. The van der Waals surface area contributed by atoms with Gasteiger partial charge < -0.3 is 15.2 Å². The fourth-order valence-electron chi connectivity index (χ4n) is 3.89. The van der Waals surface area contributed by atoms with Crippen molar-refractivity contribution >= 4 is 6.03 Å². The predicted octanol–water partition coefficient (Wildman–Crippen LogP) is 4.20. The molecule has 2 heterocycles. The molecule has 3 rings (SSSR count). The molecule has 2 aromatic rings. The number of urea groups is 1. The summed E-state index contributed by atoms with van der Waals surface area (Å²) in [7, 11) is 1.63. The Morgan fingerprint density at radius 3 is 2.52 bits per heavy atom. The van der Waals surface area contributed by atoms with E-state index in [9.17, 15) is 18.0 Å². The lowest BCUT2D eigenvalue weighted by Crippen LogP contribution is -2.50. The molecule has 0 unspecified atom stereocenters. The molecule has 0 spiro atoms. The van der Waals surface area contributed by atoms with Gasteiger partial charge in [0, 0.05) is 50.5 Å². The predicted molar refractivity (Wildman–Crippen MR) is 113 cm³/mol. The van der Waals surface area contributed by atoms with E-state index in [2.05, 4.69) is 26.8 Å². The summed E-state index contributed by atoms with van der Waals surface area (Å²) in [5.41, 5.74) is 1.72. The first kappa shape index (κ1) is 22.9. The fraction of sp³-hybridized carbons (Fsp3) is 0.455. The zero-order chi connectivity index (χ0) is 22.6. The number of benzene rings is 1. The molecule has 0 saturated carbocycles. The number of carbonyl (C=O) groups excluding carboxylic acids is 1. The van der Waals surface area contributed by atoms with Crippen molar-refractivity contribution in [3.8, 4) is 11.4 Å². The average Bonchev–Trinajstić information content (AvgIpc) is 3.12. The smallest absolute Gasteiger partial charge is 0.342 e. The standard InChI is InChI=1S/C22H28F3N5O/c1-4-11-30(21(31)26-3)18-9-12-29(13-10-18)14-19-15(2)27-20(28-19)16-5-7-17(8-6-16)22(23,24)25/h4-8,18H,1,9-14H2,2-3H3,(H,26,31)(H,27,28). The Labute approximate surface area is 180 Å². The number of piperidine rings is 1. The Bertz CT molecular complexity index is 899. The second-order valence-electron chi connectivity index (χ2n) is 7.74. The number of halogens is 3. The van der Waals surface area contributed by atoms with E-state index in [0.29, 0.717) is 24.5 Å². The van der Waals surface area contributed by atoms with Gasteiger partial charge in [-0.15, -0.1) is 6.58 Å². The number of imidazole rings is 1. The van der Waals surface area contributed by atoms with Crippen molar-refractivity contribution < 1.29 is 18.0 Å². The summed E-state index contributed by atoms with van der Waals surface area (Å²) in [4.78, 5) is 24.0. The number of alkyl halides is 3. The van der Waals surface area contributed by atoms with Gasteiger partial charge in [0.1, 0.15) is 5.82 Å². The number of likely N-dealkylation sites (tertiary alicyclic amines) is 1. The second kappa shape index (κ2) is 9.55. The minimum absolute atomic E-state index is 0.0947. The number of aryl methyl sites for hydroxylation is 1. The Kier molecular flexibility index (Phi) is 7.04. The number of hydrogen-bond donors (Lipinski definition) is 2. The van der Waals surface area contributed by atoms with Crippen LogP contribution in [0.5, 0.6) is 0 Å². The third kappa shape index (κ3) is 5.46. The molecule has 0 radical (unpaired) electrons. The maximum Gasteiger partial charge on any atom is 0.416 e. The van der Waals surface area contributed by atoms with E-state index in [1.165, 1.54) is 12.1 Å². The zero-order valence-electron chi connectivity index (χ0n) is 17.8. The highest BCUT2D eigenvalue weighted by Crippen LogP contribution is 2.30. The molecule has 0 bridgehead atoms. The average molecular weight is 435 g/mol. The Hall–Kier alpha value is -2.81. The number of hydrogen-bond acceptors (Lipinski definition) is 3. The molecule has 168 valence electrons. The number of nitrogens with one attached hydrogen (secondary N) is 2. The van der Waals surface area contributed by atoms with Crippen LogP contribution in [0.15, 0.2) is 36.9 Å². The number of carbonyl (C=O) groups is 1. The third-order valence-electron chi connectivity index (χ3n) is 5.64. The van der Waals surface area contributed by atoms with Crippen molar-refractivity contribution in [3.05, 3.63) is 53.9 Å². The third-order valence-corrected chi connectivity index (χ3v) is 5.64. The van der Waals surface area contributed by atoms with Gasteiger partial charge in [-0.2, -0.15) is 13.2 Å². The molecule has 0 atom stereocenters. The summed E-state index contributed by atoms with van der Waals surface area (Å²) < 4.78 is 38.3. The van der Waals surface area contributed by atoms with Crippen LogP contribution in [0.2, 0.25) is 0 Å². The molecule has 2 N–H and O–H groups in total. The highest BCUT2D eigenvalue weighted by Gasteiger charge is 2.30. The van der Waals surface area contributed by atoms with Gasteiger partial charge in [-0.25, -0.2) is 9.78 Å². The van der Waals surface area contributed by atoms with Gasteiger partial charge in [0.05, 0.1) is 11.3 Å². The summed E-state index contributed by atoms with van der Waals surface area (Å²) in [6, 6.07) is 5.07. The molecule has 1 aromatic heterocycles. The lowest BCUT2D eigenvalue weighted by molar-refractivity contribution is -0.137. The van der Waals surface area contributed by atoms with Crippen LogP contribution in [0.1, 0.15) is 29.8 Å². The summed E-state index contributed by atoms with van der Waals surface area (Å²) in [6.45, 7) is 8.48. The molecular weight excluding hydrogens is 407 g/mol. The van der Waals surface area contributed by atoms with E-state index >= 15 is 0 Å². The minimum atomic E-state index is -4.35. The van der Waals surface area contributed by atoms with Crippen molar-refractivity contribution in [2.45, 2.75) is 38.5 Å². The van der Waals surface area contributed by atoms with E-state index < -0.39 is 11.7 Å². The van der Waals surface area contributed by atoms with Crippen molar-refractivity contribution in [1.29, 1.82) is 0 Å². The van der Waals surface area contributed by atoms with Crippen molar-refractivity contribution in [1.82, 2.24) is 25.1 Å². The number of H-pyrrole nitrogens is 1. The minimum Gasteiger partial charge on any atom is -0.342 e. The van der Waals surface area contributed by atoms with E-state index in [1.54, 1.807) is 13.1 Å². The molecule has 31 heavy (non-hydrogen) atoms. The van der Waals surface area contributed by atoms with Crippen LogP contribution in [0.25, 0.3) is 11.4 Å². The van der Waals surface area contributed by atoms with E-state index in [0.717, 1.165) is 49.5 Å². The molecule has 1 fully saturated rings. The Balaban J connectivity index is 1.62. The van der Waals surface area contributed by atoms with Gasteiger partial charge in [-0.1, -0.05) is 18.2 Å². The van der Waals surface area contributed by atoms with Crippen molar-refractivity contribution in [2.24, 2.45) is 0 Å². The maximum atomic E-state index is 12.8. The van der Waals surface area contributed by atoms with E-state index in [-0.39, 0.29) is 12.1 Å². The topological polar surface area (TPSA) is 64.3 Å².